The van der Waals surface area contributed by atoms with Gasteiger partial charge in [0.15, 0.2) is 0 Å². The van der Waals surface area contributed by atoms with Crippen molar-refractivity contribution in [1.29, 1.82) is 0 Å². The summed E-state index contributed by atoms with van der Waals surface area (Å²) >= 11 is 0. The second-order valence-corrected chi connectivity index (χ2v) is 11.9. The summed E-state index contributed by atoms with van der Waals surface area (Å²) in [4.78, 5) is 87.2. The van der Waals surface area contributed by atoms with Crippen LogP contribution in [0.4, 0.5) is 0 Å². The van der Waals surface area contributed by atoms with Gasteiger partial charge in [0.05, 0.1) is 34.8 Å². The molecule has 2 saturated heterocycles. The number of hydroxylamine groups is 4. The topological polar surface area (TPSA) is 127 Å². The van der Waals surface area contributed by atoms with Crippen LogP contribution >= 0.6 is 0 Å². The first-order chi connectivity index (χ1) is 20.3. The molecule has 10 heteroatoms. The lowest BCUT2D eigenvalue weighted by molar-refractivity contribution is -0.176. The van der Waals surface area contributed by atoms with Crippen LogP contribution in [-0.2, 0) is 28.9 Å². The molecule has 2 heterocycles. The van der Waals surface area contributed by atoms with E-state index in [-0.39, 0.29) is 34.8 Å². The standard InChI is InChI=1S/C32H24N2O8/c35-27-23-19-9-10-20(13-19)24(23)28(36)33(27)41-31(39)17-5-1-15(2-6-17)16-3-7-18(8-4-16)32(40)42-34-29(37)25-21-11-12-22(14-21)26(25)30(34)38/h1-12,19-26H,13-14H2. The molecule has 6 aliphatic rings. The van der Waals surface area contributed by atoms with Gasteiger partial charge >= 0.3 is 11.9 Å². The van der Waals surface area contributed by atoms with Crippen LogP contribution in [0, 0.1) is 47.3 Å². The van der Waals surface area contributed by atoms with E-state index in [0.29, 0.717) is 10.1 Å². The zero-order valence-electron chi connectivity index (χ0n) is 22.1. The molecule has 0 radical (unpaired) electrons. The maximum absolute atomic E-state index is 12.8. The number of allylic oxidation sites excluding steroid dienone is 4. The van der Waals surface area contributed by atoms with Crippen molar-refractivity contribution in [3.8, 4) is 11.1 Å². The zero-order valence-corrected chi connectivity index (χ0v) is 22.1. The Morgan fingerprint density at radius 3 is 1.07 bits per heavy atom. The minimum atomic E-state index is -0.805. The molecule has 4 bridgehead atoms. The summed E-state index contributed by atoms with van der Waals surface area (Å²) in [5, 5.41) is 1.26. The molecule has 2 saturated carbocycles. The Morgan fingerprint density at radius 1 is 0.500 bits per heavy atom. The molecule has 42 heavy (non-hydrogen) atoms. The maximum atomic E-state index is 12.8. The minimum absolute atomic E-state index is 0.0187. The van der Waals surface area contributed by atoms with Crippen molar-refractivity contribution in [2.45, 2.75) is 12.8 Å². The number of carbonyl (C=O) groups excluding carboxylic acids is 6. The van der Waals surface area contributed by atoms with Crippen LogP contribution in [0.3, 0.4) is 0 Å². The number of nitrogens with zero attached hydrogens (tertiary/aromatic N) is 2. The van der Waals surface area contributed by atoms with E-state index in [4.69, 9.17) is 9.68 Å². The summed E-state index contributed by atoms with van der Waals surface area (Å²) in [5.41, 5.74) is 1.81. The van der Waals surface area contributed by atoms with Gasteiger partial charge in [0.2, 0.25) is 0 Å². The van der Waals surface area contributed by atoms with E-state index in [1.807, 2.05) is 24.3 Å². The molecule has 0 aromatic heterocycles. The van der Waals surface area contributed by atoms with Crippen molar-refractivity contribution >= 4 is 35.6 Å². The average Bonchev–Trinajstić information content (AvgIpc) is 3.86. The van der Waals surface area contributed by atoms with E-state index in [1.54, 1.807) is 24.3 Å². The highest BCUT2D eigenvalue weighted by Gasteiger charge is 2.62. The Labute approximate surface area is 239 Å². The summed E-state index contributed by atoms with van der Waals surface area (Å²) in [6, 6.07) is 12.8. The molecule has 4 amide bonds. The Hall–Kier alpha value is -4.86. The summed E-state index contributed by atoms with van der Waals surface area (Å²) < 4.78 is 0. The Balaban J connectivity index is 0.910. The fraction of sp³-hybridized carbons (Fsp3) is 0.312. The summed E-state index contributed by atoms with van der Waals surface area (Å²) in [6.45, 7) is 0. The van der Waals surface area contributed by atoms with Gasteiger partial charge in [-0.25, -0.2) is 9.59 Å². The molecule has 0 N–H and O–H groups in total. The average molecular weight is 565 g/mol. The summed E-state index contributed by atoms with van der Waals surface area (Å²) in [6.07, 6.45) is 9.45. The van der Waals surface area contributed by atoms with Crippen LogP contribution in [0.5, 0.6) is 0 Å². The smallest absolute Gasteiger partial charge is 0.325 e. The predicted octanol–water partition coefficient (Wildman–Crippen LogP) is 3.11. The van der Waals surface area contributed by atoms with Gasteiger partial charge in [-0.05, 0) is 71.9 Å². The molecule has 10 nitrogen and oxygen atoms in total. The number of fused-ring (bicyclic) bond motifs is 10. The van der Waals surface area contributed by atoms with Gasteiger partial charge < -0.3 is 9.68 Å². The fourth-order valence-corrected chi connectivity index (χ4v) is 7.80. The molecule has 8 unspecified atom stereocenters. The van der Waals surface area contributed by atoms with Gasteiger partial charge in [-0.3, -0.25) is 19.2 Å². The van der Waals surface area contributed by atoms with Gasteiger partial charge in [-0.2, -0.15) is 0 Å². The summed E-state index contributed by atoms with van der Waals surface area (Å²) in [7, 11) is 0. The number of rotatable bonds is 5. The van der Waals surface area contributed by atoms with Crippen molar-refractivity contribution in [2.75, 3.05) is 0 Å². The zero-order chi connectivity index (χ0) is 28.9. The second kappa shape index (κ2) is 8.82. The number of hydrogen-bond acceptors (Lipinski definition) is 8. The fourth-order valence-electron chi connectivity index (χ4n) is 7.80. The lowest BCUT2D eigenvalue weighted by atomic mass is 9.85. The predicted molar refractivity (Wildman–Crippen MR) is 142 cm³/mol. The van der Waals surface area contributed by atoms with E-state index in [1.165, 1.54) is 24.3 Å². The minimum Gasteiger partial charge on any atom is -0.325 e. The lowest BCUT2D eigenvalue weighted by Gasteiger charge is -2.16. The van der Waals surface area contributed by atoms with E-state index in [2.05, 4.69) is 0 Å². The first-order valence-electron chi connectivity index (χ1n) is 14.1. The molecular formula is C32H24N2O8. The van der Waals surface area contributed by atoms with Gasteiger partial charge in [-0.1, -0.05) is 48.6 Å². The third-order valence-electron chi connectivity index (χ3n) is 9.78. The van der Waals surface area contributed by atoms with Crippen LogP contribution in [0.2, 0.25) is 0 Å². The van der Waals surface area contributed by atoms with E-state index < -0.39 is 59.2 Å². The van der Waals surface area contributed by atoms with Crippen molar-refractivity contribution in [1.82, 2.24) is 10.1 Å². The first kappa shape index (κ1) is 24.9. The first-order valence-corrected chi connectivity index (χ1v) is 14.1. The number of imide groups is 2. The molecule has 210 valence electrons. The highest BCUT2D eigenvalue weighted by molar-refractivity contribution is 6.07. The van der Waals surface area contributed by atoms with Crippen molar-refractivity contribution in [3.05, 3.63) is 84.0 Å². The molecule has 2 aromatic carbocycles. The number of hydrogen-bond donors (Lipinski definition) is 0. The van der Waals surface area contributed by atoms with Crippen LogP contribution < -0.4 is 0 Å². The SMILES string of the molecule is O=C(ON1C(=O)C2C3C=CC(C3)C2C1=O)c1ccc(-c2ccc(C(=O)ON3C(=O)C4C5C=CC(C5)C4C3=O)cc2)cc1. The van der Waals surface area contributed by atoms with Gasteiger partial charge in [-0.15, -0.1) is 10.1 Å². The van der Waals surface area contributed by atoms with Crippen molar-refractivity contribution in [3.63, 3.8) is 0 Å². The second-order valence-electron chi connectivity index (χ2n) is 11.9. The largest absolute Gasteiger partial charge is 0.363 e. The lowest BCUT2D eigenvalue weighted by Crippen LogP contribution is -2.35. The molecule has 4 aliphatic carbocycles. The molecular weight excluding hydrogens is 540 g/mol. The maximum Gasteiger partial charge on any atom is 0.363 e. The Bertz CT molecular complexity index is 1470. The quantitative estimate of drug-likeness (QED) is 0.401. The number of benzene rings is 2. The van der Waals surface area contributed by atoms with Crippen molar-refractivity contribution in [2.24, 2.45) is 47.3 Å². The Morgan fingerprint density at radius 2 is 0.786 bits per heavy atom. The number of amides is 4. The Kier molecular flexibility index (Phi) is 5.23. The van der Waals surface area contributed by atoms with Crippen LogP contribution in [0.1, 0.15) is 33.6 Å². The van der Waals surface area contributed by atoms with Gasteiger partial charge in [0.25, 0.3) is 23.6 Å². The van der Waals surface area contributed by atoms with E-state index >= 15 is 0 Å². The van der Waals surface area contributed by atoms with Crippen LogP contribution in [0.15, 0.2) is 72.8 Å². The molecule has 8 rings (SSSR count). The molecule has 8 atom stereocenters. The van der Waals surface area contributed by atoms with Crippen LogP contribution in [0.25, 0.3) is 11.1 Å². The monoisotopic (exact) mass is 564 g/mol. The molecule has 2 aliphatic heterocycles. The van der Waals surface area contributed by atoms with Crippen LogP contribution in [-0.4, -0.2) is 45.7 Å². The van der Waals surface area contributed by atoms with Gasteiger partial charge in [0.1, 0.15) is 0 Å². The highest BCUT2D eigenvalue weighted by Crippen LogP contribution is 2.53. The van der Waals surface area contributed by atoms with Crippen molar-refractivity contribution < 1.29 is 38.4 Å². The molecule has 2 aromatic rings. The third-order valence-corrected chi connectivity index (χ3v) is 9.78. The molecule has 0 spiro atoms. The normalized spacial score (nSPS) is 33.1. The highest BCUT2D eigenvalue weighted by atomic mass is 16.7. The summed E-state index contributed by atoms with van der Waals surface area (Å²) in [5.74, 6) is -5.19. The number of carbonyl (C=O) groups is 6. The third kappa shape index (κ3) is 3.44. The van der Waals surface area contributed by atoms with E-state index in [9.17, 15) is 28.8 Å². The molecule has 4 fully saturated rings. The van der Waals surface area contributed by atoms with Gasteiger partial charge in [0, 0.05) is 0 Å². The van der Waals surface area contributed by atoms with E-state index in [0.717, 1.165) is 24.0 Å².